The van der Waals surface area contributed by atoms with Crippen LogP contribution >= 0.6 is 0 Å². The molecule has 1 atom stereocenters. The van der Waals surface area contributed by atoms with Gasteiger partial charge in [0.15, 0.2) is 5.82 Å². The third-order valence-electron chi connectivity index (χ3n) is 3.38. The summed E-state index contributed by atoms with van der Waals surface area (Å²) in [5.41, 5.74) is 0.382. The second-order valence-electron chi connectivity index (χ2n) is 4.88. The van der Waals surface area contributed by atoms with E-state index in [9.17, 15) is 9.90 Å². The molecule has 6 nitrogen and oxygen atoms in total. The zero-order chi connectivity index (χ0) is 13.9. The summed E-state index contributed by atoms with van der Waals surface area (Å²) in [4.78, 5) is 18.4. The number of carbonyl (C=O) groups excluding carboxylic acids is 1. The molecule has 2 aromatic rings. The Labute approximate surface area is 116 Å². The molecule has 3 rings (SSSR count). The van der Waals surface area contributed by atoms with Gasteiger partial charge in [-0.2, -0.15) is 5.10 Å². The quantitative estimate of drug-likeness (QED) is 0.880. The van der Waals surface area contributed by atoms with Crippen molar-refractivity contribution in [3.05, 3.63) is 42.4 Å². The van der Waals surface area contributed by atoms with Gasteiger partial charge >= 0.3 is 0 Å². The number of piperidine rings is 1. The van der Waals surface area contributed by atoms with Crippen LogP contribution in [0.25, 0.3) is 5.82 Å². The highest BCUT2D eigenvalue weighted by Crippen LogP contribution is 2.13. The van der Waals surface area contributed by atoms with E-state index in [0.29, 0.717) is 24.6 Å². The molecule has 1 aliphatic heterocycles. The zero-order valence-corrected chi connectivity index (χ0v) is 11.0. The smallest absolute Gasteiger partial charge is 0.272 e. The van der Waals surface area contributed by atoms with Gasteiger partial charge in [-0.25, -0.2) is 9.67 Å². The van der Waals surface area contributed by atoms with Crippen molar-refractivity contribution < 1.29 is 9.90 Å². The predicted molar refractivity (Wildman–Crippen MR) is 72.5 cm³/mol. The van der Waals surface area contributed by atoms with Crippen molar-refractivity contribution in [2.45, 2.75) is 18.9 Å². The highest BCUT2D eigenvalue weighted by atomic mass is 16.3. The van der Waals surface area contributed by atoms with E-state index in [0.717, 1.165) is 12.8 Å². The van der Waals surface area contributed by atoms with E-state index in [-0.39, 0.29) is 5.91 Å². The van der Waals surface area contributed by atoms with Gasteiger partial charge in [-0.3, -0.25) is 4.79 Å². The molecule has 0 bridgehead atoms. The zero-order valence-electron chi connectivity index (χ0n) is 11.0. The van der Waals surface area contributed by atoms with Crippen LogP contribution < -0.4 is 0 Å². The maximum Gasteiger partial charge on any atom is 0.272 e. The lowest BCUT2D eigenvalue weighted by atomic mass is 10.1. The molecular formula is C14H16N4O2. The van der Waals surface area contributed by atoms with Gasteiger partial charge in [-0.05, 0) is 31.0 Å². The second-order valence-corrected chi connectivity index (χ2v) is 4.88. The minimum absolute atomic E-state index is 0.141. The van der Waals surface area contributed by atoms with Gasteiger partial charge in [0.1, 0.15) is 5.69 Å². The van der Waals surface area contributed by atoms with Gasteiger partial charge in [-0.15, -0.1) is 0 Å². The number of aliphatic hydroxyl groups is 1. The van der Waals surface area contributed by atoms with Crippen molar-refractivity contribution in [3.63, 3.8) is 0 Å². The minimum Gasteiger partial charge on any atom is -0.391 e. The van der Waals surface area contributed by atoms with Crippen LogP contribution in [0.4, 0.5) is 0 Å². The predicted octanol–water partition coefficient (Wildman–Crippen LogP) is 0.864. The molecule has 0 aromatic carbocycles. The van der Waals surface area contributed by atoms with Crippen molar-refractivity contribution in [3.8, 4) is 5.82 Å². The van der Waals surface area contributed by atoms with Crippen LogP contribution in [-0.4, -0.2) is 49.9 Å². The fraction of sp³-hybridized carbons (Fsp3) is 0.357. The van der Waals surface area contributed by atoms with Gasteiger partial charge in [0.25, 0.3) is 5.91 Å². The standard InChI is InChI=1S/C14H16N4O2/c19-11-4-2-8-17(10-11)14(20)12-5-1-6-13(16-12)18-9-3-7-15-18/h1,3,5-7,9,11,19H,2,4,8,10H2. The maximum absolute atomic E-state index is 12.4. The van der Waals surface area contributed by atoms with Gasteiger partial charge in [0.2, 0.25) is 0 Å². The first-order valence-corrected chi connectivity index (χ1v) is 6.68. The number of aliphatic hydroxyl groups excluding tert-OH is 1. The van der Waals surface area contributed by atoms with E-state index >= 15 is 0 Å². The molecule has 20 heavy (non-hydrogen) atoms. The van der Waals surface area contributed by atoms with Crippen LogP contribution in [0.2, 0.25) is 0 Å². The largest absolute Gasteiger partial charge is 0.391 e. The van der Waals surface area contributed by atoms with Gasteiger partial charge in [-0.1, -0.05) is 6.07 Å². The summed E-state index contributed by atoms with van der Waals surface area (Å²) in [6.07, 6.45) is 4.59. The van der Waals surface area contributed by atoms with E-state index in [2.05, 4.69) is 10.1 Å². The molecule has 1 aliphatic rings. The molecule has 0 spiro atoms. The van der Waals surface area contributed by atoms with E-state index in [1.807, 2.05) is 0 Å². The average Bonchev–Trinajstić information content (AvgIpc) is 3.01. The molecule has 2 aromatic heterocycles. The Morgan fingerprint density at radius 1 is 1.35 bits per heavy atom. The average molecular weight is 272 g/mol. The van der Waals surface area contributed by atoms with E-state index in [1.165, 1.54) is 0 Å². The van der Waals surface area contributed by atoms with Crippen molar-refractivity contribution in [1.29, 1.82) is 0 Å². The lowest BCUT2D eigenvalue weighted by molar-refractivity contribution is 0.0469. The van der Waals surface area contributed by atoms with Crippen LogP contribution in [-0.2, 0) is 0 Å². The molecule has 0 aliphatic carbocycles. The third-order valence-corrected chi connectivity index (χ3v) is 3.38. The number of aromatic nitrogens is 3. The molecule has 3 heterocycles. The number of nitrogens with zero attached hydrogens (tertiary/aromatic N) is 4. The van der Waals surface area contributed by atoms with Crippen molar-refractivity contribution in [2.24, 2.45) is 0 Å². The number of rotatable bonds is 2. The first-order valence-electron chi connectivity index (χ1n) is 6.68. The van der Waals surface area contributed by atoms with Gasteiger partial charge in [0.05, 0.1) is 6.10 Å². The second kappa shape index (κ2) is 5.42. The number of hydrogen-bond donors (Lipinski definition) is 1. The van der Waals surface area contributed by atoms with Crippen LogP contribution in [0.3, 0.4) is 0 Å². The topological polar surface area (TPSA) is 71.2 Å². The first kappa shape index (κ1) is 12.8. The summed E-state index contributed by atoms with van der Waals surface area (Å²) in [5, 5.41) is 13.8. The van der Waals surface area contributed by atoms with E-state index < -0.39 is 6.10 Å². The summed E-state index contributed by atoms with van der Waals surface area (Å²) >= 11 is 0. The molecular weight excluding hydrogens is 256 g/mol. The number of amides is 1. The summed E-state index contributed by atoms with van der Waals surface area (Å²) in [6, 6.07) is 7.08. The summed E-state index contributed by atoms with van der Waals surface area (Å²) in [7, 11) is 0. The molecule has 1 saturated heterocycles. The van der Waals surface area contributed by atoms with Crippen molar-refractivity contribution in [2.75, 3.05) is 13.1 Å². The third kappa shape index (κ3) is 2.55. The van der Waals surface area contributed by atoms with Gasteiger partial charge < -0.3 is 10.0 Å². The monoisotopic (exact) mass is 272 g/mol. The summed E-state index contributed by atoms with van der Waals surface area (Å²) in [6.45, 7) is 1.05. The van der Waals surface area contributed by atoms with E-state index in [4.69, 9.17) is 0 Å². The molecule has 0 saturated carbocycles. The van der Waals surface area contributed by atoms with Crippen molar-refractivity contribution in [1.82, 2.24) is 19.7 Å². The highest BCUT2D eigenvalue weighted by Gasteiger charge is 2.24. The maximum atomic E-state index is 12.4. The first-order chi connectivity index (χ1) is 9.74. The number of likely N-dealkylation sites (tertiary alicyclic amines) is 1. The molecule has 104 valence electrons. The van der Waals surface area contributed by atoms with Crippen LogP contribution in [0.5, 0.6) is 0 Å². The molecule has 6 heteroatoms. The Morgan fingerprint density at radius 3 is 3.00 bits per heavy atom. The number of β-amino-alcohol motifs (C(OH)–C–C–N with tert-alkyl or cyclic N) is 1. The Hall–Kier alpha value is -2.21. The summed E-state index contributed by atoms with van der Waals surface area (Å²) in [5.74, 6) is 0.469. The molecule has 1 amide bonds. The van der Waals surface area contributed by atoms with Crippen molar-refractivity contribution >= 4 is 5.91 Å². The summed E-state index contributed by atoms with van der Waals surface area (Å²) < 4.78 is 1.61. The normalized spacial score (nSPS) is 19.1. The van der Waals surface area contributed by atoms with Crippen LogP contribution in [0.1, 0.15) is 23.3 Å². The molecule has 0 radical (unpaired) electrons. The minimum atomic E-state index is -0.429. The lowest BCUT2D eigenvalue weighted by Gasteiger charge is -2.29. The van der Waals surface area contributed by atoms with Gasteiger partial charge in [0, 0.05) is 25.5 Å². The Bertz CT molecular complexity index is 597. The Balaban J connectivity index is 1.83. The molecule has 1 unspecified atom stereocenters. The molecule has 1 N–H and O–H groups in total. The number of hydrogen-bond acceptors (Lipinski definition) is 4. The van der Waals surface area contributed by atoms with E-state index in [1.54, 1.807) is 46.2 Å². The highest BCUT2D eigenvalue weighted by molar-refractivity contribution is 5.92. The fourth-order valence-corrected chi connectivity index (χ4v) is 2.38. The SMILES string of the molecule is O=C(c1cccc(-n2cccn2)n1)N1CCCC(O)C1. The Morgan fingerprint density at radius 2 is 2.25 bits per heavy atom. The lowest BCUT2D eigenvalue weighted by Crippen LogP contribution is -2.42. The fourth-order valence-electron chi connectivity index (χ4n) is 2.38. The number of pyridine rings is 1. The van der Waals surface area contributed by atoms with Crippen LogP contribution in [0.15, 0.2) is 36.7 Å². The number of carbonyl (C=O) groups is 1. The molecule has 1 fully saturated rings. The van der Waals surface area contributed by atoms with Crippen LogP contribution in [0, 0.1) is 0 Å². The Kier molecular flexibility index (Phi) is 3.47.